The molecule has 136 valence electrons. The van der Waals surface area contributed by atoms with E-state index in [-0.39, 0.29) is 12.7 Å². The average Bonchev–Trinajstić information content (AvgIpc) is 3.15. The zero-order valence-corrected chi connectivity index (χ0v) is 14.7. The maximum absolute atomic E-state index is 12.3. The maximum atomic E-state index is 12.3. The highest BCUT2D eigenvalue weighted by Crippen LogP contribution is 2.34. The molecule has 1 aliphatic heterocycles. The number of fused-ring (bicyclic) bond motifs is 1. The molecule has 0 radical (unpaired) electrons. The Morgan fingerprint density at radius 2 is 1.89 bits per heavy atom. The summed E-state index contributed by atoms with van der Waals surface area (Å²) in [7, 11) is 0. The lowest BCUT2D eigenvalue weighted by atomic mass is 10.1. The van der Waals surface area contributed by atoms with Crippen LogP contribution < -0.4 is 20.1 Å². The molecule has 0 fully saturated rings. The highest BCUT2D eigenvalue weighted by Gasteiger charge is 2.14. The SMILES string of the molecule is Cc1cccc(CNC(=O)c2cnc(Nc3ccc4c(c3)OCO4)nc2)c1. The Hall–Kier alpha value is -3.61. The molecule has 3 aromatic rings. The van der Waals surface area contributed by atoms with Crippen molar-refractivity contribution in [1.29, 1.82) is 0 Å². The van der Waals surface area contributed by atoms with Crippen LogP contribution in [0.3, 0.4) is 0 Å². The average molecular weight is 362 g/mol. The van der Waals surface area contributed by atoms with Crippen LogP contribution in [-0.4, -0.2) is 22.7 Å². The van der Waals surface area contributed by atoms with Gasteiger partial charge in [-0.3, -0.25) is 4.79 Å². The van der Waals surface area contributed by atoms with Crippen LogP contribution >= 0.6 is 0 Å². The predicted molar refractivity (Wildman–Crippen MR) is 100 cm³/mol. The second-order valence-electron chi connectivity index (χ2n) is 6.16. The van der Waals surface area contributed by atoms with Crippen molar-refractivity contribution in [3.8, 4) is 11.5 Å². The fourth-order valence-corrected chi connectivity index (χ4v) is 2.72. The van der Waals surface area contributed by atoms with Crippen molar-refractivity contribution in [3.63, 3.8) is 0 Å². The quantitative estimate of drug-likeness (QED) is 0.725. The highest BCUT2D eigenvalue weighted by molar-refractivity contribution is 5.93. The van der Waals surface area contributed by atoms with E-state index in [0.29, 0.717) is 29.6 Å². The minimum atomic E-state index is -0.217. The third-order valence-electron chi connectivity index (χ3n) is 4.08. The van der Waals surface area contributed by atoms with Gasteiger partial charge in [0.05, 0.1) is 5.56 Å². The minimum absolute atomic E-state index is 0.217. The van der Waals surface area contributed by atoms with Crippen molar-refractivity contribution >= 4 is 17.5 Å². The van der Waals surface area contributed by atoms with Gasteiger partial charge in [-0.15, -0.1) is 0 Å². The molecule has 7 heteroatoms. The normalized spacial score (nSPS) is 11.9. The largest absolute Gasteiger partial charge is 0.454 e. The van der Waals surface area contributed by atoms with Crippen molar-refractivity contribution in [2.45, 2.75) is 13.5 Å². The van der Waals surface area contributed by atoms with Crippen LogP contribution in [0.4, 0.5) is 11.6 Å². The number of carbonyl (C=O) groups is 1. The van der Waals surface area contributed by atoms with E-state index in [1.165, 1.54) is 12.4 Å². The van der Waals surface area contributed by atoms with Crippen LogP contribution in [0.2, 0.25) is 0 Å². The van der Waals surface area contributed by atoms with Gasteiger partial charge in [-0.25, -0.2) is 9.97 Å². The molecule has 7 nitrogen and oxygen atoms in total. The first kappa shape index (κ1) is 16.8. The van der Waals surface area contributed by atoms with Crippen LogP contribution in [0.1, 0.15) is 21.5 Å². The van der Waals surface area contributed by atoms with Gasteiger partial charge in [-0.2, -0.15) is 0 Å². The van der Waals surface area contributed by atoms with Crippen LogP contribution in [0.25, 0.3) is 0 Å². The lowest BCUT2D eigenvalue weighted by Gasteiger charge is -2.08. The minimum Gasteiger partial charge on any atom is -0.454 e. The Bertz CT molecular complexity index is 973. The van der Waals surface area contributed by atoms with Gasteiger partial charge in [0.1, 0.15) is 0 Å². The number of benzene rings is 2. The summed E-state index contributed by atoms with van der Waals surface area (Å²) in [6, 6.07) is 13.5. The number of aromatic nitrogens is 2. The smallest absolute Gasteiger partial charge is 0.254 e. The number of rotatable bonds is 5. The number of hydrogen-bond donors (Lipinski definition) is 2. The summed E-state index contributed by atoms with van der Waals surface area (Å²) in [6.07, 6.45) is 2.99. The number of carbonyl (C=O) groups excluding carboxylic acids is 1. The standard InChI is InChI=1S/C20H18N4O3/c1-13-3-2-4-14(7-13)9-21-19(25)15-10-22-20(23-11-15)24-16-5-6-17-18(8-16)27-12-26-17/h2-8,10-11H,9,12H2,1H3,(H,21,25)(H,22,23,24). The first-order valence-electron chi connectivity index (χ1n) is 8.50. The fourth-order valence-electron chi connectivity index (χ4n) is 2.72. The van der Waals surface area contributed by atoms with Gasteiger partial charge in [0, 0.05) is 30.7 Å². The van der Waals surface area contributed by atoms with Crippen molar-refractivity contribution < 1.29 is 14.3 Å². The molecule has 2 N–H and O–H groups in total. The summed E-state index contributed by atoms with van der Waals surface area (Å²) in [6.45, 7) is 2.70. The van der Waals surface area contributed by atoms with Gasteiger partial charge in [0.2, 0.25) is 12.7 Å². The van der Waals surface area contributed by atoms with Gasteiger partial charge in [0.15, 0.2) is 11.5 Å². The molecule has 1 aromatic heterocycles. The number of nitrogens with zero attached hydrogens (tertiary/aromatic N) is 2. The molecule has 2 heterocycles. The molecule has 0 spiro atoms. The predicted octanol–water partition coefficient (Wildman–Crippen LogP) is 3.19. The van der Waals surface area contributed by atoms with Crippen LogP contribution in [-0.2, 0) is 6.54 Å². The highest BCUT2D eigenvalue weighted by atomic mass is 16.7. The van der Waals surface area contributed by atoms with E-state index < -0.39 is 0 Å². The summed E-state index contributed by atoms with van der Waals surface area (Å²) in [5, 5.41) is 5.94. The second kappa shape index (κ2) is 7.33. The lowest BCUT2D eigenvalue weighted by molar-refractivity contribution is 0.0950. The zero-order valence-electron chi connectivity index (χ0n) is 14.7. The number of hydrogen-bond acceptors (Lipinski definition) is 6. The van der Waals surface area contributed by atoms with E-state index in [2.05, 4.69) is 20.6 Å². The van der Waals surface area contributed by atoms with Crippen LogP contribution in [0.15, 0.2) is 54.9 Å². The number of nitrogens with one attached hydrogen (secondary N) is 2. The Morgan fingerprint density at radius 1 is 1.07 bits per heavy atom. The van der Waals surface area contributed by atoms with E-state index in [9.17, 15) is 4.79 Å². The topological polar surface area (TPSA) is 85.4 Å². The fraction of sp³-hybridized carbons (Fsp3) is 0.150. The van der Waals surface area contributed by atoms with Crippen LogP contribution in [0.5, 0.6) is 11.5 Å². The summed E-state index contributed by atoms with van der Waals surface area (Å²) in [5.41, 5.74) is 3.38. The molecule has 4 rings (SSSR count). The van der Waals surface area contributed by atoms with Gasteiger partial charge in [-0.05, 0) is 24.6 Å². The van der Waals surface area contributed by atoms with E-state index in [1.54, 1.807) is 0 Å². The molecule has 27 heavy (non-hydrogen) atoms. The molecule has 0 saturated carbocycles. The molecule has 0 unspecified atom stereocenters. The number of ether oxygens (including phenoxy) is 2. The molecule has 0 aliphatic carbocycles. The van der Waals surface area contributed by atoms with E-state index in [4.69, 9.17) is 9.47 Å². The first-order valence-corrected chi connectivity index (χ1v) is 8.50. The Kier molecular flexibility index (Phi) is 4.57. The van der Waals surface area contributed by atoms with Gasteiger partial charge >= 0.3 is 0 Å². The van der Waals surface area contributed by atoms with E-state index >= 15 is 0 Å². The first-order chi connectivity index (χ1) is 13.2. The Labute approximate surface area is 156 Å². The second-order valence-corrected chi connectivity index (χ2v) is 6.16. The third kappa shape index (κ3) is 3.98. The summed E-state index contributed by atoms with van der Waals surface area (Å²) < 4.78 is 10.6. The zero-order chi connectivity index (χ0) is 18.6. The third-order valence-corrected chi connectivity index (χ3v) is 4.08. The van der Waals surface area contributed by atoms with Crippen molar-refractivity contribution in [3.05, 3.63) is 71.5 Å². The van der Waals surface area contributed by atoms with Gasteiger partial charge in [-0.1, -0.05) is 29.8 Å². The Balaban J connectivity index is 1.37. The molecular formula is C20H18N4O3. The monoisotopic (exact) mass is 362 g/mol. The van der Waals surface area contributed by atoms with Crippen molar-refractivity contribution in [2.24, 2.45) is 0 Å². The van der Waals surface area contributed by atoms with Crippen molar-refractivity contribution in [2.75, 3.05) is 12.1 Å². The molecule has 0 bridgehead atoms. The van der Waals surface area contributed by atoms with E-state index in [0.717, 1.165) is 16.8 Å². The molecule has 1 aliphatic rings. The van der Waals surface area contributed by atoms with Gasteiger partial charge in [0.25, 0.3) is 5.91 Å². The lowest BCUT2D eigenvalue weighted by Crippen LogP contribution is -2.23. The summed E-state index contributed by atoms with van der Waals surface area (Å²) >= 11 is 0. The molecule has 0 saturated heterocycles. The summed E-state index contributed by atoms with van der Waals surface area (Å²) in [4.78, 5) is 20.7. The number of amides is 1. The maximum Gasteiger partial charge on any atom is 0.254 e. The van der Waals surface area contributed by atoms with E-state index in [1.807, 2.05) is 49.4 Å². The number of anilines is 2. The Morgan fingerprint density at radius 3 is 2.70 bits per heavy atom. The number of aryl methyl sites for hydroxylation is 1. The van der Waals surface area contributed by atoms with Crippen LogP contribution in [0, 0.1) is 6.92 Å². The van der Waals surface area contributed by atoms with Crippen molar-refractivity contribution in [1.82, 2.24) is 15.3 Å². The molecule has 2 aromatic carbocycles. The molecule has 1 amide bonds. The summed E-state index contributed by atoms with van der Waals surface area (Å²) in [5.74, 6) is 1.56. The molecule has 0 atom stereocenters. The molecular weight excluding hydrogens is 344 g/mol. The van der Waals surface area contributed by atoms with Gasteiger partial charge < -0.3 is 20.1 Å².